The van der Waals surface area contributed by atoms with Crippen molar-refractivity contribution in [3.63, 3.8) is 0 Å². The predicted molar refractivity (Wildman–Crippen MR) is 119 cm³/mol. The third-order valence-electron chi connectivity index (χ3n) is 5.49. The number of aliphatic imine (C=N–C) groups is 1. The number of piperidine rings is 1. The number of rotatable bonds is 7. The first-order valence-corrected chi connectivity index (χ1v) is 11.7. The van der Waals surface area contributed by atoms with Crippen LogP contribution in [0.1, 0.15) is 39.5 Å². The molecule has 2 saturated heterocycles. The summed E-state index contributed by atoms with van der Waals surface area (Å²) in [6.07, 6.45) is 4.55. The maximum Gasteiger partial charge on any atom is 0.193 e. The van der Waals surface area contributed by atoms with Crippen molar-refractivity contribution in [1.82, 2.24) is 10.2 Å². The summed E-state index contributed by atoms with van der Waals surface area (Å²) in [7, 11) is 0. The minimum absolute atomic E-state index is 0.239. The summed E-state index contributed by atoms with van der Waals surface area (Å²) in [6, 6.07) is 10.2. The molecule has 1 aromatic carbocycles. The summed E-state index contributed by atoms with van der Waals surface area (Å²) >= 11 is 2.05. The van der Waals surface area contributed by atoms with E-state index in [0.29, 0.717) is 6.10 Å². The molecule has 3 rings (SSSR count). The van der Waals surface area contributed by atoms with Crippen LogP contribution >= 0.6 is 11.8 Å². The van der Waals surface area contributed by atoms with Crippen LogP contribution in [0.2, 0.25) is 0 Å². The molecule has 0 atom stereocenters. The van der Waals surface area contributed by atoms with Crippen molar-refractivity contribution in [3.8, 4) is 5.75 Å². The van der Waals surface area contributed by atoms with Gasteiger partial charge in [-0.3, -0.25) is 4.99 Å². The van der Waals surface area contributed by atoms with Gasteiger partial charge in [-0.2, -0.15) is 11.8 Å². The normalized spacial score (nSPS) is 20.8. The fourth-order valence-corrected chi connectivity index (χ4v) is 5.14. The summed E-state index contributed by atoms with van der Waals surface area (Å²) in [4.78, 5) is 7.48. The molecular formula is C22H35N3O2S. The van der Waals surface area contributed by atoms with E-state index in [1.165, 1.54) is 0 Å². The van der Waals surface area contributed by atoms with Crippen molar-refractivity contribution in [2.24, 2.45) is 4.99 Å². The molecule has 0 bridgehead atoms. The fraction of sp³-hybridized carbons (Fsp3) is 0.682. The Labute approximate surface area is 174 Å². The third-order valence-corrected chi connectivity index (χ3v) is 6.93. The molecule has 0 saturated carbocycles. The SMILES string of the molecule is CCNC(=NCC1(SCC)CCOCC1)N1CCC(Oc2ccccc2)CC1. The van der Waals surface area contributed by atoms with Crippen molar-refractivity contribution >= 4 is 17.7 Å². The maximum absolute atomic E-state index is 6.14. The predicted octanol–water partition coefficient (Wildman–Crippen LogP) is 3.80. The topological polar surface area (TPSA) is 46.1 Å². The van der Waals surface area contributed by atoms with Crippen LogP contribution in [0.15, 0.2) is 35.3 Å². The lowest BCUT2D eigenvalue weighted by atomic mass is 9.99. The Morgan fingerprint density at radius 3 is 2.57 bits per heavy atom. The zero-order chi connectivity index (χ0) is 19.7. The van der Waals surface area contributed by atoms with Crippen LogP contribution in [-0.2, 0) is 4.74 Å². The number of likely N-dealkylation sites (tertiary alicyclic amines) is 1. The van der Waals surface area contributed by atoms with Crippen molar-refractivity contribution < 1.29 is 9.47 Å². The molecule has 1 aromatic rings. The molecule has 0 radical (unpaired) electrons. The van der Waals surface area contributed by atoms with Gasteiger partial charge >= 0.3 is 0 Å². The van der Waals surface area contributed by atoms with E-state index >= 15 is 0 Å². The number of thioether (sulfide) groups is 1. The Balaban J connectivity index is 1.57. The largest absolute Gasteiger partial charge is 0.490 e. The molecule has 0 aromatic heterocycles. The number of benzene rings is 1. The first-order chi connectivity index (χ1) is 13.7. The first kappa shape index (κ1) is 21.3. The van der Waals surface area contributed by atoms with E-state index in [4.69, 9.17) is 14.5 Å². The van der Waals surface area contributed by atoms with Crippen LogP contribution in [0.25, 0.3) is 0 Å². The molecule has 0 unspecified atom stereocenters. The Bertz CT molecular complexity index is 592. The van der Waals surface area contributed by atoms with Gasteiger partial charge in [-0.1, -0.05) is 25.1 Å². The van der Waals surface area contributed by atoms with E-state index in [9.17, 15) is 0 Å². The van der Waals surface area contributed by atoms with E-state index in [1.807, 2.05) is 30.3 Å². The van der Waals surface area contributed by atoms with Gasteiger partial charge in [-0.15, -0.1) is 0 Å². The molecule has 156 valence electrons. The van der Waals surface area contributed by atoms with Gasteiger partial charge in [0.15, 0.2) is 5.96 Å². The molecule has 2 fully saturated rings. The molecule has 0 spiro atoms. The molecule has 0 amide bonds. The van der Waals surface area contributed by atoms with Gasteiger partial charge in [0.25, 0.3) is 0 Å². The van der Waals surface area contributed by atoms with E-state index < -0.39 is 0 Å². The Kier molecular flexibility index (Phi) is 8.34. The highest BCUT2D eigenvalue weighted by atomic mass is 32.2. The van der Waals surface area contributed by atoms with Gasteiger partial charge in [-0.25, -0.2) is 0 Å². The van der Waals surface area contributed by atoms with Crippen molar-refractivity contribution in [2.45, 2.75) is 50.4 Å². The number of hydrogen-bond donors (Lipinski definition) is 1. The number of nitrogens with one attached hydrogen (secondary N) is 1. The minimum Gasteiger partial charge on any atom is -0.490 e. The van der Waals surface area contributed by atoms with Gasteiger partial charge in [0.1, 0.15) is 11.9 Å². The van der Waals surface area contributed by atoms with Crippen molar-refractivity contribution in [3.05, 3.63) is 30.3 Å². The van der Waals surface area contributed by atoms with Crippen molar-refractivity contribution in [1.29, 1.82) is 0 Å². The number of nitrogens with zero attached hydrogens (tertiary/aromatic N) is 2. The third kappa shape index (κ3) is 6.05. The van der Waals surface area contributed by atoms with Crippen molar-refractivity contribution in [2.75, 3.05) is 45.1 Å². The molecule has 2 aliphatic rings. The molecule has 0 aliphatic carbocycles. The quantitative estimate of drug-likeness (QED) is 0.552. The van der Waals surface area contributed by atoms with Crippen LogP contribution in [0, 0.1) is 0 Å². The molecule has 5 nitrogen and oxygen atoms in total. The second-order valence-electron chi connectivity index (χ2n) is 7.52. The lowest BCUT2D eigenvalue weighted by Gasteiger charge is -2.37. The molecular weight excluding hydrogens is 370 g/mol. The number of guanidine groups is 1. The fourth-order valence-electron chi connectivity index (χ4n) is 3.92. The summed E-state index contributed by atoms with van der Waals surface area (Å²) < 4.78 is 12.0. The summed E-state index contributed by atoms with van der Waals surface area (Å²) in [5, 5.41) is 3.51. The minimum atomic E-state index is 0.239. The molecule has 6 heteroatoms. The van der Waals surface area contributed by atoms with E-state index in [-0.39, 0.29) is 4.75 Å². The molecule has 2 heterocycles. The Hall–Kier alpha value is -1.40. The monoisotopic (exact) mass is 405 g/mol. The molecule has 28 heavy (non-hydrogen) atoms. The van der Waals surface area contributed by atoms with E-state index in [1.54, 1.807) is 0 Å². The van der Waals surface area contributed by atoms with Crippen LogP contribution < -0.4 is 10.1 Å². The lowest BCUT2D eigenvalue weighted by Crippen LogP contribution is -2.48. The molecule has 2 aliphatic heterocycles. The lowest BCUT2D eigenvalue weighted by molar-refractivity contribution is 0.0791. The summed E-state index contributed by atoms with van der Waals surface area (Å²) in [6.45, 7) is 9.86. The average Bonchev–Trinajstić information content (AvgIpc) is 2.73. The number of para-hydroxylation sites is 1. The van der Waals surface area contributed by atoms with Crippen LogP contribution in [-0.4, -0.2) is 66.9 Å². The van der Waals surface area contributed by atoms with Crippen LogP contribution in [0.3, 0.4) is 0 Å². The Morgan fingerprint density at radius 2 is 1.93 bits per heavy atom. The van der Waals surface area contributed by atoms with Gasteiger partial charge in [0, 0.05) is 50.4 Å². The standard InChI is InChI=1S/C22H35N3O2S/c1-3-23-21(24-18-22(28-4-2)12-16-26-17-13-22)25-14-10-20(11-15-25)27-19-8-6-5-7-9-19/h5-9,20H,3-4,10-18H2,1-2H3,(H,23,24). The highest BCUT2D eigenvalue weighted by Crippen LogP contribution is 2.35. The summed E-state index contributed by atoms with van der Waals surface area (Å²) in [5.41, 5.74) is 0. The van der Waals surface area contributed by atoms with Gasteiger partial charge in [0.05, 0.1) is 6.54 Å². The van der Waals surface area contributed by atoms with E-state index in [2.05, 4.69) is 35.8 Å². The highest BCUT2D eigenvalue weighted by molar-refractivity contribution is 8.00. The van der Waals surface area contributed by atoms with Gasteiger partial charge < -0.3 is 19.7 Å². The number of ether oxygens (including phenoxy) is 2. The smallest absolute Gasteiger partial charge is 0.193 e. The second-order valence-corrected chi connectivity index (χ2v) is 9.25. The maximum atomic E-state index is 6.14. The highest BCUT2D eigenvalue weighted by Gasteiger charge is 2.33. The van der Waals surface area contributed by atoms with Gasteiger partial charge in [0.2, 0.25) is 0 Å². The first-order valence-electron chi connectivity index (χ1n) is 10.7. The molecule has 1 N–H and O–H groups in total. The number of hydrogen-bond acceptors (Lipinski definition) is 4. The van der Waals surface area contributed by atoms with Crippen LogP contribution in [0.5, 0.6) is 5.75 Å². The Morgan fingerprint density at radius 1 is 1.21 bits per heavy atom. The summed E-state index contributed by atoms with van der Waals surface area (Å²) in [5.74, 6) is 3.16. The zero-order valence-electron chi connectivity index (χ0n) is 17.4. The van der Waals surface area contributed by atoms with E-state index in [0.717, 1.165) is 82.5 Å². The second kappa shape index (κ2) is 11.0. The van der Waals surface area contributed by atoms with Gasteiger partial charge in [-0.05, 0) is 37.7 Å². The zero-order valence-corrected chi connectivity index (χ0v) is 18.2. The average molecular weight is 406 g/mol. The van der Waals surface area contributed by atoms with Crippen LogP contribution in [0.4, 0.5) is 0 Å².